The first kappa shape index (κ1) is 14.5. The summed E-state index contributed by atoms with van der Waals surface area (Å²) in [6.45, 7) is 2.65. The summed E-state index contributed by atoms with van der Waals surface area (Å²) in [4.78, 5) is 4.12. The second-order valence-corrected chi connectivity index (χ2v) is 6.14. The second-order valence-electron chi connectivity index (χ2n) is 4.38. The van der Waals surface area contributed by atoms with Crippen LogP contribution in [0.1, 0.15) is 12.8 Å². The molecule has 0 bridgehead atoms. The van der Waals surface area contributed by atoms with Crippen molar-refractivity contribution in [1.82, 2.24) is 24.6 Å². The van der Waals surface area contributed by atoms with Gasteiger partial charge in [0.1, 0.15) is 11.2 Å². The van der Waals surface area contributed by atoms with Crippen LogP contribution in [0.3, 0.4) is 0 Å². The second kappa shape index (κ2) is 5.73. The molecule has 10 heteroatoms. The van der Waals surface area contributed by atoms with Crippen LogP contribution in [-0.2, 0) is 23.1 Å². The summed E-state index contributed by atoms with van der Waals surface area (Å²) in [5.74, 6) is 0.574. The Bertz CT molecular complexity index is 850. The summed E-state index contributed by atoms with van der Waals surface area (Å²) >= 11 is 0. The van der Waals surface area contributed by atoms with Crippen molar-refractivity contribution in [2.45, 2.75) is 24.9 Å². The van der Waals surface area contributed by atoms with Crippen molar-refractivity contribution in [2.24, 2.45) is 0 Å². The number of aryl methyl sites for hydroxylation is 1. The lowest BCUT2D eigenvalue weighted by Gasteiger charge is -2.01. The fourth-order valence-electron chi connectivity index (χ4n) is 1.89. The Morgan fingerprint density at radius 2 is 2.27 bits per heavy atom. The van der Waals surface area contributed by atoms with E-state index < -0.39 is 10.0 Å². The molecule has 1 N–H and O–H groups in total. The smallest absolute Gasteiger partial charge is 0.245 e. The zero-order valence-electron chi connectivity index (χ0n) is 11.6. The van der Waals surface area contributed by atoms with Gasteiger partial charge < -0.3 is 13.6 Å². The molecule has 0 unspecified atom stereocenters. The number of nitrogens with zero attached hydrogens (tertiary/aromatic N) is 4. The molecule has 3 aromatic rings. The number of hydrogen-bond donors (Lipinski definition) is 1. The van der Waals surface area contributed by atoms with Crippen LogP contribution in [-0.4, -0.2) is 28.3 Å². The molecule has 22 heavy (non-hydrogen) atoms. The molecule has 0 aliphatic carbocycles. The molecule has 3 rings (SSSR count). The van der Waals surface area contributed by atoms with Crippen LogP contribution in [0.4, 0.5) is 0 Å². The number of aromatic nitrogens is 4. The average molecular weight is 323 g/mol. The third-order valence-electron chi connectivity index (χ3n) is 3.00. The lowest BCUT2D eigenvalue weighted by molar-refractivity contribution is 0.375. The molecule has 9 nitrogen and oxygen atoms in total. The minimum absolute atomic E-state index is 0.0629. The molecule has 0 amide bonds. The van der Waals surface area contributed by atoms with Crippen LogP contribution in [0, 0.1) is 0 Å². The maximum absolute atomic E-state index is 11.9. The van der Waals surface area contributed by atoms with Crippen molar-refractivity contribution in [3.05, 3.63) is 36.7 Å². The van der Waals surface area contributed by atoms with Gasteiger partial charge in [-0.25, -0.2) is 13.1 Å². The molecular formula is C12H13N5O4S. The van der Waals surface area contributed by atoms with Crippen LogP contribution in [0.15, 0.2) is 44.7 Å². The molecular weight excluding hydrogens is 310 g/mol. The van der Waals surface area contributed by atoms with Gasteiger partial charge in [0, 0.05) is 12.7 Å². The molecule has 0 spiro atoms. The van der Waals surface area contributed by atoms with E-state index in [1.165, 1.54) is 0 Å². The molecule has 0 aliphatic heterocycles. The van der Waals surface area contributed by atoms with Crippen molar-refractivity contribution in [3.8, 4) is 11.5 Å². The highest BCUT2D eigenvalue weighted by Crippen LogP contribution is 2.17. The van der Waals surface area contributed by atoms with Gasteiger partial charge in [0.2, 0.25) is 21.7 Å². The molecule has 0 aromatic carbocycles. The molecule has 0 saturated carbocycles. The fourth-order valence-corrected chi connectivity index (χ4v) is 2.72. The third kappa shape index (κ3) is 2.78. The van der Waals surface area contributed by atoms with E-state index in [1.807, 2.05) is 29.8 Å². The molecule has 0 fully saturated rings. The lowest BCUT2D eigenvalue weighted by Crippen LogP contribution is -2.22. The standard InChI is InChI=1S/C12H13N5O4S/c1-2-17-5-3-4-10(17)12-15-11(21-16-12)7-14-22(18,19)9-6-13-20-8-9/h3-6,8,14H,2,7H2,1H3. The minimum Gasteiger partial charge on any atom is -0.363 e. The van der Waals surface area contributed by atoms with Crippen LogP contribution < -0.4 is 4.72 Å². The first-order chi connectivity index (χ1) is 10.6. The number of hydrogen-bond acceptors (Lipinski definition) is 7. The maximum atomic E-state index is 11.9. The van der Waals surface area contributed by atoms with Crippen molar-refractivity contribution < 1.29 is 17.5 Å². The highest BCUT2D eigenvalue weighted by atomic mass is 32.2. The van der Waals surface area contributed by atoms with Crippen LogP contribution in [0.2, 0.25) is 0 Å². The van der Waals surface area contributed by atoms with Crippen LogP contribution in [0.5, 0.6) is 0 Å². The zero-order chi connectivity index (χ0) is 15.6. The van der Waals surface area contributed by atoms with Crippen LogP contribution in [0.25, 0.3) is 11.5 Å². The molecule has 3 aromatic heterocycles. The van der Waals surface area contributed by atoms with Gasteiger partial charge in [-0.3, -0.25) is 0 Å². The van der Waals surface area contributed by atoms with Crippen LogP contribution >= 0.6 is 0 Å². The Labute approximate surface area is 126 Å². The monoisotopic (exact) mass is 323 g/mol. The Morgan fingerprint density at radius 3 is 3.00 bits per heavy atom. The van der Waals surface area contributed by atoms with Gasteiger partial charge in [-0.2, -0.15) is 4.98 Å². The number of nitrogens with one attached hydrogen (secondary N) is 1. The van der Waals surface area contributed by atoms with Gasteiger partial charge >= 0.3 is 0 Å². The van der Waals surface area contributed by atoms with Gasteiger partial charge in [-0.05, 0) is 19.1 Å². The van der Waals surface area contributed by atoms with Gasteiger partial charge in [-0.15, -0.1) is 0 Å². The van der Waals surface area contributed by atoms with Crippen molar-refractivity contribution in [1.29, 1.82) is 0 Å². The summed E-state index contributed by atoms with van der Waals surface area (Å²) in [6.07, 6.45) is 4.05. The Kier molecular flexibility index (Phi) is 3.77. The first-order valence-electron chi connectivity index (χ1n) is 6.47. The van der Waals surface area contributed by atoms with E-state index in [4.69, 9.17) is 4.52 Å². The Hall–Kier alpha value is -2.46. The minimum atomic E-state index is -3.71. The van der Waals surface area contributed by atoms with E-state index in [0.717, 1.165) is 24.7 Å². The van der Waals surface area contributed by atoms with Gasteiger partial charge in [0.25, 0.3) is 0 Å². The Morgan fingerprint density at radius 1 is 1.41 bits per heavy atom. The molecule has 0 atom stereocenters. The lowest BCUT2D eigenvalue weighted by atomic mass is 10.4. The van der Waals surface area contributed by atoms with Crippen molar-refractivity contribution in [2.75, 3.05) is 0 Å². The number of sulfonamides is 1. The summed E-state index contributed by atoms with van der Waals surface area (Å²) in [6, 6.07) is 3.74. The molecule has 0 saturated heterocycles. The average Bonchev–Trinajstić information content (AvgIpc) is 3.23. The quantitative estimate of drug-likeness (QED) is 0.720. The summed E-state index contributed by atoms with van der Waals surface area (Å²) in [5, 5.41) is 7.21. The fraction of sp³-hybridized carbons (Fsp3) is 0.250. The van der Waals surface area contributed by atoms with E-state index in [1.54, 1.807) is 0 Å². The van der Waals surface area contributed by atoms with E-state index in [-0.39, 0.29) is 17.3 Å². The highest BCUT2D eigenvalue weighted by molar-refractivity contribution is 7.89. The normalized spacial score (nSPS) is 11.9. The predicted octanol–water partition coefficient (Wildman–Crippen LogP) is 1.02. The summed E-state index contributed by atoms with van der Waals surface area (Å²) in [5.41, 5.74) is 0.805. The SMILES string of the molecule is CCn1cccc1-c1noc(CNS(=O)(=O)c2cnoc2)n1. The molecule has 0 aliphatic rings. The summed E-state index contributed by atoms with van der Waals surface area (Å²) < 4.78 is 37.7. The van der Waals surface area contributed by atoms with E-state index in [2.05, 4.69) is 24.5 Å². The first-order valence-corrected chi connectivity index (χ1v) is 7.95. The van der Waals surface area contributed by atoms with E-state index >= 15 is 0 Å². The predicted molar refractivity (Wildman–Crippen MR) is 73.9 cm³/mol. The zero-order valence-corrected chi connectivity index (χ0v) is 12.4. The topological polar surface area (TPSA) is 116 Å². The molecule has 116 valence electrons. The van der Waals surface area contributed by atoms with Gasteiger partial charge in [0.15, 0.2) is 0 Å². The highest BCUT2D eigenvalue weighted by Gasteiger charge is 2.18. The maximum Gasteiger partial charge on any atom is 0.245 e. The van der Waals surface area contributed by atoms with Gasteiger partial charge in [-0.1, -0.05) is 10.3 Å². The van der Waals surface area contributed by atoms with Crippen molar-refractivity contribution >= 4 is 10.0 Å². The number of rotatable bonds is 6. The van der Waals surface area contributed by atoms with Crippen molar-refractivity contribution in [3.63, 3.8) is 0 Å². The molecule has 3 heterocycles. The summed E-state index contributed by atoms with van der Waals surface area (Å²) in [7, 11) is -3.71. The van der Waals surface area contributed by atoms with E-state index in [9.17, 15) is 8.42 Å². The van der Waals surface area contributed by atoms with Gasteiger partial charge in [0.05, 0.1) is 18.4 Å². The van der Waals surface area contributed by atoms with E-state index in [0.29, 0.717) is 5.82 Å². The molecule has 0 radical (unpaired) electrons. The third-order valence-corrected chi connectivity index (χ3v) is 4.35. The Balaban J connectivity index is 1.73. The largest absolute Gasteiger partial charge is 0.363 e.